The molecule has 4 nitrogen and oxygen atoms in total. The predicted octanol–water partition coefficient (Wildman–Crippen LogP) is 4.63. The molecule has 1 heterocycles. The van der Waals surface area contributed by atoms with Crippen molar-refractivity contribution in [2.24, 2.45) is 17.8 Å². The van der Waals surface area contributed by atoms with E-state index >= 15 is 0 Å². The molecule has 2 aliphatic rings. The fraction of sp³-hybridized carbons (Fsp3) is 0.700. The highest BCUT2D eigenvalue weighted by Gasteiger charge is 2.69. The van der Waals surface area contributed by atoms with Crippen LogP contribution in [-0.2, 0) is 5.41 Å². The van der Waals surface area contributed by atoms with E-state index in [1.54, 1.807) is 6.07 Å². The second kappa shape index (κ2) is 6.83. The lowest BCUT2D eigenvalue weighted by Crippen LogP contribution is -2.33. The number of nitro benzene ring substituents is 1. The van der Waals surface area contributed by atoms with Gasteiger partial charge in [-0.2, -0.15) is 0 Å². The average molecular weight is 330 g/mol. The number of nitrogens with zero attached hydrogens (tertiary/aromatic N) is 2. The number of unbranched alkanes of at least 4 members (excludes halogenated alkanes) is 3. The Kier molecular flexibility index (Phi) is 4.95. The van der Waals surface area contributed by atoms with Crippen LogP contribution in [0.3, 0.4) is 0 Å². The molecule has 0 radical (unpaired) electrons. The van der Waals surface area contributed by atoms with Gasteiger partial charge in [0.15, 0.2) is 0 Å². The smallest absolute Gasteiger partial charge is 0.269 e. The Morgan fingerprint density at radius 3 is 2.54 bits per heavy atom. The van der Waals surface area contributed by atoms with E-state index in [0.717, 1.165) is 13.1 Å². The van der Waals surface area contributed by atoms with E-state index in [1.165, 1.54) is 37.8 Å². The van der Waals surface area contributed by atoms with Gasteiger partial charge in [0.1, 0.15) is 0 Å². The van der Waals surface area contributed by atoms with Crippen LogP contribution in [0.4, 0.5) is 5.69 Å². The van der Waals surface area contributed by atoms with Crippen LogP contribution in [0.2, 0.25) is 0 Å². The van der Waals surface area contributed by atoms with Crippen molar-refractivity contribution in [1.29, 1.82) is 0 Å². The van der Waals surface area contributed by atoms with E-state index in [1.807, 2.05) is 12.1 Å². The maximum Gasteiger partial charge on any atom is 0.269 e. The third-order valence-corrected chi connectivity index (χ3v) is 6.35. The molecule has 0 amide bonds. The average Bonchev–Trinajstić information content (AvgIpc) is 2.98. The van der Waals surface area contributed by atoms with E-state index in [2.05, 4.69) is 31.7 Å². The van der Waals surface area contributed by atoms with Gasteiger partial charge in [-0.05, 0) is 36.3 Å². The van der Waals surface area contributed by atoms with E-state index < -0.39 is 0 Å². The summed E-state index contributed by atoms with van der Waals surface area (Å²) in [5.41, 5.74) is 1.58. The molecule has 2 fully saturated rings. The first-order valence-electron chi connectivity index (χ1n) is 9.49. The summed E-state index contributed by atoms with van der Waals surface area (Å²) in [5, 5.41) is 11.1. The van der Waals surface area contributed by atoms with Gasteiger partial charge >= 0.3 is 0 Å². The lowest BCUT2D eigenvalue weighted by atomic mass is 9.80. The first kappa shape index (κ1) is 17.4. The third-order valence-electron chi connectivity index (χ3n) is 6.35. The molecule has 1 aliphatic carbocycles. The van der Waals surface area contributed by atoms with Gasteiger partial charge in [-0.25, -0.2) is 0 Å². The monoisotopic (exact) mass is 330 g/mol. The number of likely N-dealkylation sites (tertiary alicyclic amines) is 1. The summed E-state index contributed by atoms with van der Waals surface area (Å²) < 4.78 is 0. The van der Waals surface area contributed by atoms with Gasteiger partial charge in [-0.15, -0.1) is 0 Å². The van der Waals surface area contributed by atoms with E-state index in [4.69, 9.17) is 0 Å². The Morgan fingerprint density at radius 2 is 1.96 bits per heavy atom. The summed E-state index contributed by atoms with van der Waals surface area (Å²) in [6.45, 7) is 10.4. The second-order valence-corrected chi connectivity index (χ2v) is 7.93. The summed E-state index contributed by atoms with van der Waals surface area (Å²) in [4.78, 5) is 13.5. The number of fused-ring (bicyclic) bond motifs is 1. The lowest BCUT2D eigenvalue weighted by Gasteiger charge is -2.30. The maximum absolute atomic E-state index is 11.1. The first-order valence-corrected chi connectivity index (χ1v) is 9.49. The summed E-state index contributed by atoms with van der Waals surface area (Å²) in [5.74, 6) is 1.87. The molecule has 0 N–H and O–H groups in total. The fourth-order valence-electron chi connectivity index (χ4n) is 5.20. The highest BCUT2D eigenvalue weighted by Crippen LogP contribution is 2.67. The van der Waals surface area contributed by atoms with Crippen LogP contribution in [0.5, 0.6) is 0 Å². The molecule has 0 aromatic heterocycles. The zero-order valence-electron chi connectivity index (χ0n) is 15.2. The molecular formula is C20H30N2O2. The molecule has 2 unspecified atom stereocenters. The molecule has 2 atom stereocenters. The van der Waals surface area contributed by atoms with Gasteiger partial charge in [-0.1, -0.05) is 52.2 Å². The number of hydrogen-bond acceptors (Lipinski definition) is 3. The van der Waals surface area contributed by atoms with Gasteiger partial charge in [0.25, 0.3) is 5.69 Å². The number of rotatable bonds is 8. The Morgan fingerprint density at radius 1 is 1.25 bits per heavy atom. The van der Waals surface area contributed by atoms with Gasteiger partial charge in [0.05, 0.1) is 4.92 Å². The van der Waals surface area contributed by atoms with Crippen molar-refractivity contribution in [1.82, 2.24) is 4.90 Å². The van der Waals surface area contributed by atoms with Crippen LogP contribution in [0.1, 0.15) is 52.0 Å². The molecule has 1 aromatic rings. The summed E-state index contributed by atoms with van der Waals surface area (Å²) in [6, 6.07) is 7.39. The molecule has 1 saturated carbocycles. The van der Waals surface area contributed by atoms with Crippen LogP contribution in [0, 0.1) is 27.9 Å². The topological polar surface area (TPSA) is 46.4 Å². The second-order valence-electron chi connectivity index (χ2n) is 7.93. The van der Waals surface area contributed by atoms with Gasteiger partial charge < -0.3 is 4.90 Å². The molecule has 3 rings (SSSR count). The molecule has 4 heteroatoms. The van der Waals surface area contributed by atoms with Crippen molar-refractivity contribution in [3.63, 3.8) is 0 Å². The largest absolute Gasteiger partial charge is 0.303 e. The molecule has 1 saturated heterocycles. The Bertz CT molecular complexity index is 587. The minimum absolute atomic E-state index is 0.159. The van der Waals surface area contributed by atoms with Crippen LogP contribution < -0.4 is 0 Å². The van der Waals surface area contributed by atoms with Crippen molar-refractivity contribution in [3.8, 4) is 0 Å². The molecule has 132 valence electrons. The standard InChI is InChI=1S/C20H30N2O2/c1-4-5-6-7-11-21-13-18-19(14-21)20(18,15(2)3)16-9-8-10-17(12-16)22(23)24/h8-10,12,15,18-19H,4-7,11,13-14H2,1-3H3. The summed E-state index contributed by atoms with van der Waals surface area (Å²) >= 11 is 0. The normalized spacial score (nSPS) is 29.0. The van der Waals surface area contributed by atoms with Gasteiger partial charge in [0, 0.05) is 30.6 Å². The molecule has 1 aromatic carbocycles. The Balaban J connectivity index is 1.69. The van der Waals surface area contributed by atoms with E-state index in [-0.39, 0.29) is 16.0 Å². The Hall–Kier alpha value is -1.42. The number of piperidine rings is 1. The summed E-state index contributed by atoms with van der Waals surface area (Å²) in [7, 11) is 0. The fourth-order valence-corrected chi connectivity index (χ4v) is 5.20. The molecule has 24 heavy (non-hydrogen) atoms. The molecule has 1 aliphatic heterocycles. The number of benzene rings is 1. The zero-order valence-corrected chi connectivity index (χ0v) is 15.2. The van der Waals surface area contributed by atoms with Crippen LogP contribution in [0.25, 0.3) is 0 Å². The highest BCUT2D eigenvalue weighted by molar-refractivity contribution is 5.45. The van der Waals surface area contributed by atoms with Crippen molar-refractivity contribution in [2.45, 2.75) is 51.9 Å². The van der Waals surface area contributed by atoms with Crippen LogP contribution >= 0.6 is 0 Å². The van der Waals surface area contributed by atoms with E-state index in [0.29, 0.717) is 17.8 Å². The van der Waals surface area contributed by atoms with Crippen LogP contribution in [0.15, 0.2) is 24.3 Å². The van der Waals surface area contributed by atoms with E-state index in [9.17, 15) is 10.1 Å². The quantitative estimate of drug-likeness (QED) is 0.396. The molecule has 0 spiro atoms. The predicted molar refractivity (Wildman–Crippen MR) is 97.2 cm³/mol. The number of nitro groups is 1. The number of hydrogen-bond donors (Lipinski definition) is 0. The van der Waals surface area contributed by atoms with Crippen molar-refractivity contribution in [3.05, 3.63) is 39.9 Å². The minimum Gasteiger partial charge on any atom is -0.303 e. The maximum atomic E-state index is 11.1. The van der Waals surface area contributed by atoms with Crippen molar-refractivity contribution >= 4 is 5.69 Å². The first-order chi connectivity index (χ1) is 11.5. The van der Waals surface area contributed by atoms with Crippen molar-refractivity contribution < 1.29 is 4.92 Å². The van der Waals surface area contributed by atoms with Gasteiger partial charge in [0.2, 0.25) is 0 Å². The van der Waals surface area contributed by atoms with Gasteiger partial charge in [-0.3, -0.25) is 10.1 Å². The van der Waals surface area contributed by atoms with Crippen LogP contribution in [-0.4, -0.2) is 29.5 Å². The minimum atomic E-state index is -0.268. The lowest BCUT2D eigenvalue weighted by molar-refractivity contribution is -0.385. The van der Waals surface area contributed by atoms with Crippen molar-refractivity contribution in [2.75, 3.05) is 19.6 Å². The summed E-state index contributed by atoms with van der Waals surface area (Å²) in [6.07, 6.45) is 5.26. The third kappa shape index (κ3) is 2.85. The number of non-ortho nitro benzene ring substituents is 1. The molecular weight excluding hydrogens is 300 g/mol. The SMILES string of the molecule is CCCCCCN1CC2C(C1)C2(c1cccc([N+](=O)[O-])c1)C(C)C. The molecule has 0 bridgehead atoms. The highest BCUT2D eigenvalue weighted by atomic mass is 16.6. The zero-order chi connectivity index (χ0) is 17.3. The Labute approximate surface area is 145 Å².